The first-order valence-electron chi connectivity index (χ1n) is 17.3. The Hall–Kier alpha value is -6.22. The second kappa shape index (κ2) is 15.0. The van der Waals surface area contributed by atoms with Crippen LogP contribution in [0.25, 0.3) is 28.0 Å². The molecule has 0 bridgehead atoms. The van der Waals surface area contributed by atoms with E-state index in [0.717, 1.165) is 44.8 Å². The molecule has 2 aliphatic heterocycles. The molecular weight excluding hydrogens is 688 g/mol. The number of hydrogen-bond donors (Lipinski definition) is 6. The zero-order chi connectivity index (χ0) is 37.2. The predicted molar refractivity (Wildman–Crippen MR) is 201 cm³/mol. The maximum atomic E-state index is 10.4. The Morgan fingerprint density at radius 2 is 1.46 bits per heavy atom. The molecule has 8 rings (SSSR count). The summed E-state index contributed by atoms with van der Waals surface area (Å²) in [6.07, 6.45) is -3.17. The Morgan fingerprint density at radius 1 is 0.778 bits per heavy atom. The smallest absolute Gasteiger partial charge is 0.180 e. The fourth-order valence-electron chi connectivity index (χ4n) is 6.43. The molecule has 272 valence electrons. The number of nitrogens with zero attached hydrogens (tertiary/aromatic N) is 5. The van der Waals surface area contributed by atoms with Gasteiger partial charge in [0.1, 0.15) is 54.0 Å². The number of hydrogen-bond acceptors (Lipinski definition) is 10. The van der Waals surface area contributed by atoms with Gasteiger partial charge in [0.05, 0.1) is 18.5 Å². The van der Waals surface area contributed by atoms with Gasteiger partial charge in [-0.15, -0.1) is 5.10 Å². The number of aliphatic hydroxyl groups excluding tert-OH is 4. The molecule has 1 fully saturated rings. The van der Waals surface area contributed by atoms with Gasteiger partial charge >= 0.3 is 0 Å². The molecule has 1 saturated heterocycles. The number of aromatic nitrogens is 4. The highest BCUT2D eigenvalue weighted by molar-refractivity contribution is 6.38. The molecule has 0 aliphatic carbocycles. The fraction of sp³-hybridized carbons (Fsp3) is 0.171. The van der Waals surface area contributed by atoms with Crippen molar-refractivity contribution >= 4 is 22.9 Å². The second-order valence-corrected chi connectivity index (χ2v) is 12.9. The molecule has 0 saturated carbocycles. The van der Waals surface area contributed by atoms with Gasteiger partial charge in [-0.2, -0.15) is 0 Å². The van der Waals surface area contributed by atoms with Gasteiger partial charge < -0.3 is 40.0 Å². The van der Waals surface area contributed by atoms with Crippen molar-refractivity contribution in [1.29, 1.82) is 0 Å². The number of rotatable bonds is 10. The lowest BCUT2D eigenvalue weighted by molar-refractivity contribution is -0.254. The van der Waals surface area contributed by atoms with Gasteiger partial charge in [0, 0.05) is 22.4 Å². The Kier molecular flexibility index (Phi) is 9.69. The first-order chi connectivity index (χ1) is 26.3. The van der Waals surface area contributed by atoms with Gasteiger partial charge in [0.25, 0.3) is 0 Å². The maximum Gasteiger partial charge on any atom is 0.180 e. The highest BCUT2D eigenvalue weighted by Gasteiger charge is 2.44. The molecule has 5 atom stereocenters. The first-order valence-corrected chi connectivity index (χ1v) is 17.3. The van der Waals surface area contributed by atoms with E-state index < -0.39 is 37.3 Å². The molecular formula is C41H36N6O7. The molecule has 2 aromatic heterocycles. The Bertz CT molecular complexity index is 2320. The Labute approximate surface area is 309 Å². The number of aliphatic imine (C=N–C) groups is 2. The van der Waals surface area contributed by atoms with E-state index in [1.165, 1.54) is 10.9 Å². The third kappa shape index (κ3) is 7.09. The molecule has 0 amide bonds. The highest BCUT2D eigenvalue weighted by atomic mass is 16.6. The van der Waals surface area contributed by atoms with Gasteiger partial charge in [-0.25, -0.2) is 14.7 Å². The van der Waals surface area contributed by atoms with Gasteiger partial charge in [-0.05, 0) is 77.4 Å². The second-order valence-electron chi connectivity index (χ2n) is 12.9. The zero-order valence-electron chi connectivity index (χ0n) is 28.7. The molecule has 13 heteroatoms. The van der Waals surface area contributed by atoms with Crippen LogP contribution in [0.1, 0.15) is 23.0 Å². The first kappa shape index (κ1) is 34.8. The summed E-state index contributed by atoms with van der Waals surface area (Å²) in [4.78, 5) is 13.6. The van der Waals surface area contributed by atoms with Crippen molar-refractivity contribution in [3.8, 4) is 33.9 Å². The van der Waals surface area contributed by atoms with E-state index in [-0.39, 0.29) is 12.4 Å². The van der Waals surface area contributed by atoms with Crippen molar-refractivity contribution in [2.24, 2.45) is 9.98 Å². The third-order valence-electron chi connectivity index (χ3n) is 9.33. The number of benzene rings is 4. The van der Waals surface area contributed by atoms with E-state index >= 15 is 0 Å². The molecule has 13 nitrogen and oxygen atoms in total. The SMILES string of the molecule is OCC1OC(n2cc(COc3ccc(C4=NC(=Nc5[nH]c(-c6ccc(O)cc6)cc5-c5ccccc5)C(c5ccccc5)=C4)cc3)nn2)C(O)C(O)C1O. The van der Waals surface area contributed by atoms with Gasteiger partial charge in [-0.3, -0.25) is 0 Å². The number of nitrogens with one attached hydrogen (secondary N) is 1. The summed E-state index contributed by atoms with van der Waals surface area (Å²) in [5.41, 5.74) is 7.53. The molecule has 54 heavy (non-hydrogen) atoms. The normalized spacial score (nSPS) is 21.9. The third-order valence-corrected chi connectivity index (χ3v) is 9.33. The van der Waals surface area contributed by atoms with Crippen LogP contribution in [0.4, 0.5) is 5.82 Å². The van der Waals surface area contributed by atoms with E-state index in [2.05, 4.69) is 21.4 Å². The highest BCUT2D eigenvalue weighted by Crippen LogP contribution is 2.37. The van der Waals surface area contributed by atoms with Crippen molar-refractivity contribution < 1.29 is 35.0 Å². The average molecular weight is 725 g/mol. The lowest BCUT2D eigenvalue weighted by Crippen LogP contribution is -2.56. The van der Waals surface area contributed by atoms with Crippen LogP contribution in [-0.2, 0) is 11.3 Å². The summed E-state index contributed by atoms with van der Waals surface area (Å²) in [6, 6.07) is 36.6. The van der Waals surface area contributed by atoms with Crippen LogP contribution in [0, 0.1) is 0 Å². The Morgan fingerprint density at radius 3 is 2.17 bits per heavy atom. The number of ether oxygens (including phenoxy) is 2. The van der Waals surface area contributed by atoms with Crippen LogP contribution in [0.15, 0.2) is 138 Å². The zero-order valence-corrected chi connectivity index (χ0v) is 28.7. The molecule has 6 aromatic rings. The van der Waals surface area contributed by atoms with Crippen LogP contribution in [0.3, 0.4) is 0 Å². The van der Waals surface area contributed by atoms with Gasteiger partial charge in [0.2, 0.25) is 0 Å². The predicted octanol–water partition coefficient (Wildman–Crippen LogP) is 4.81. The van der Waals surface area contributed by atoms with Crippen molar-refractivity contribution in [2.75, 3.05) is 6.61 Å². The van der Waals surface area contributed by atoms with E-state index in [1.54, 1.807) is 12.1 Å². The lowest BCUT2D eigenvalue weighted by Gasteiger charge is -2.39. The summed E-state index contributed by atoms with van der Waals surface area (Å²) >= 11 is 0. The molecule has 0 radical (unpaired) electrons. The minimum Gasteiger partial charge on any atom is -0.508 e. The van der Waals surface area contributed by atoms with E-state index in [1.807, 2.05) is 103 Å². The number of phenols is 1. The van der Waals surface area contributed by atoms with E-state index in [9.17, 15) is 25.5 Å². The monoisotopic (exact) mass is 724 g/mol. The molecule has 0 spiro atoms. The number of amidine groups is 1. The standard InChI is InChI=1S/C41H36N6O7/c48-22-35-36(50)37(51)38(52)41(54-35)47-21-28(45-46-47)23-53-30-17-13-27(14-18-30)34-20-32(25-9-5-2-6-10-25)40(43-34)44-39-31(24-7-3-1-4-8-24)19-33(42-39)26-11-15-29(49)16-12-26/h1-21,35-38,41-42,48-52H,22-23H2. The van der Waals surface area contributed by atoms with Crippen LogP contribution in [-0.4, -0.2) is 88.1 Å². The summed E-state index contributed by atoms with van der Waals surface area (Å²) in [6.45, 7) is -0.491. The largest absolute Gasteiger partial charge is 0.508 e. The Balaban J connectivity index is 1.04. The number of H-pyrrole nitrogens is 1. The van der Waals surface area contributed by atoms with Crippen LogP contribution in [0.2, 0.25) is 0 Å². The van der Waals surface area contributed by atoms with Crippen molar-refractivity contribution in [1.82, 2.24) is 20.0 Å². The summed E-state index contributed by atoms with van der Waals surface area (Å²) in [7, 11) is 0. The summed E-state index contributed by atoms with van der Waals surface area (Å²) < 4.78 is 12.7. The van der Waals surface area contributed by atoms with Crippen molar-refractivity contribution in [3.63, 3.8) is 0 Å². The minimum atomic E-state index is -1.53. The van der Waals surface area contributed by atoms with Crippen molar-refractivity contribution in [3.05, 3.63) is 144 Å². The summed E-state index contributed by atoms with van der Waals surface area (Å²) in [5, 5.41) is 58.1. The summed E-state index contributed by atoms with van der Waals surface area (Å²) in [5.74, 6) is 1.97. The lowest BCUT2D eigenvalue weighted by atomic mass is 9.98. The number of aromatic amines is 1. The maximum absolute atomic E-state index is 10.4. The molecule has 4 aromatic carbocycles. The van der Waals surface area contributed by atoms with Crippen molar-refractivity contribution in [2.45, 2.75) is 37.3 Å². The average Bonchev–Trinajstić information content (AvgIpc) is 3.97. The minimum absolute atomic E-state index is 0.0542. The molecule has 2 aliphatic rings. The number of aliphatic hydroxyl groups is 4. The number of aromatic hydroxyl groups is 1. The number of phenolic OH excluding ortho intramolecular Hbond substituents is 1. The van der Waals surface area contributed by atoms with Gasteiger partial charge in [0.15, 0.2) is 12.1 Å². The molecule has 4 heterocycles. The molecule has 6 N–H and O–H groups in total. The van der Waals surface area contributed by atoms with Crippen LogP contribution < -0.4 is 4.74 Å². The fourth-order valence-corrected chi connectivity index (χ4v) is 6.43. The number of allylic oxidation sites excluding steroid dienone is 1. The van der Waals surface area contributed by atoms with E-state index in [0.29, 0.717) is 23.1 Å². The quantitative estimate of drug-likeness (QED) is 0.115. The topological polar surface area (TPSA) is 191 Å². The van der Waals surface area contributed by atoms with E-state index in [4.69, 9.17) is 19.5 Å². The van der Waals surface area contributed by atoms with Crippen LogP contribution >= 0.6 is 0 Å². The van der Waals surface area contributed by atoms with Gasteiger partial charge in [-0.1, -0.05) is 65.9 Å². The molecule has 5 unspecified atom stereocenters. The van der Waals surface area contributed by atoms with Crippen LogP contribution in [0.5, 0.6) is 11.5 Å².